The van der Waals surface area contributed by atoms with Gasteiger partial charge in [0.2, 0.25) is 0 Å². The molecule has 0 unspecified atom stereocenters. The maximum absolute atomic E-state index is 12.3. The predicted molar refractivity (Wildman–Crippen MR) is 91.1 cm³/mol. The van der Waals surface area contributed by atoms with Crippen LogP contribution in [0.25, 0.3) is 0 Å². The predicted octanol–water partition coefficient (Wildman–Crippen LogP) is 5.42. The van der Waals surface area contributed by atoms with Gasteiger partial charge in [-0.2, -0.15) is 0 Å². The van der Waals surface area contributed by atoms with E-state index >= 15 is 0 Å². The van der Waals surface area contributed by atoms with E-state index in [1.54, 1.807) is 26.4 Å². The molecule has 1 rings (SSSR count). The van der Waals surface area contributed by atoms with Crippen LogP contribution >= 0.6 is 0 Å². The van der Waals surface area contributed by atoms with Crippen LogP contribution in [0.4, 0.5) is 0 Å². The zero-order valence-corrected chi connectivity index (χ0v) is 14.3. The quantitative estimate of drug-likeness (QED) is 0.382. The van der Waals surface area contributed by atoms with E-state index in [9.17, 15) is 4.79 Å². The summed E-state index contributed by atoms with van der Waals surface area (Å²) in [6, 6.07) is 5.37. The van der Waals surface area contributed by atoms with Gasteiger partial charge < -0.3 is 9.47 Å². The third-order valence-corrected chi connectivity index (χ3v) is 3.96. The lowest BCUT2D eigenvalue weighted by molar-refractivity contribution is 0.0975. The van der Waals surface area contributed by atoms with Crippen LogP contribution in [0.15, 0.2) is 18.2 Å². The zero-order valence-electron chi connectivity index (χ0n) is 14.3. The molecule has 0 aliphatic rings. The Kier molecular flexibility index (Phi) is 9.36. The van der Waals surface area contributed by atoms with Crippen LogP contribution in [-0.4, -0.2) is 20.0 Å². The average molecular weight is 306 g/mol. The fourth-order valence-corrected chi connectivity index (χ4v) is 2.59. The van der Waals surface area contributed by atoms with Gasteiger partial charge in [-0.3, -0.25) is 4.79 Å². The summed E-state index contributed by atoms with van der Waals surface area (Å²) in [6.07, 6.45) is 10.5. The Morgan fingerprint density at radius 1 is 0.909 bits per heavy atom. The third kappa shape index (κ3) is 6.50. The van der Waals surface area contributed by atoms with Gasteiger partial charge >= 0.3 is 0 Å². The molecule has 22 heavy (non-hydrogen) atoms. The van der Waals surface area contributed by atoms with E-state index in [0.29, 0.717) is 23.5 Å². The number of hydrogen-bond donors (Lipinski definition) is 0. The van der Waals surface area contributed by atoms with Crippen molar-refractivity contribution in [1.82, 2.24) is 0 Å². The largest absolute Gasteiger partial charge is 0.497 e. The maximum atomic E-state index is 12.3. The van der Waals surface area contributed by atoms with Gasteiger partial charge in [0.15, 0.2) is 5.78 Å². The molecule has 1 aromatic carbocycles. The number of methoxy groups -OCH3 is 2. The normalized spacial score (nSPS) is 10.5. The lowest BCUT2D eigenvalue weighted by atomic mass is 10.0. The Morgan fingerprint density at radius 3 is 2.14 bits per heavy atom. The summed E-state index contributed by atoms with van der Waals surface area (Å²) < 4.78 is 10.5. The van der Waals surface area contributed by atoms with E-state index in [1.807, 2.05) is 6.07 Å². The Hall–Kier alpha value is -1.51. The summed E-state index contributed by atoms with van der Waals surface area (Å²) in [6.45, 7) is 2.23. The second kappa shape index (κ2) is 11.1. The van der Waals surface area contributed by atoms with Crippen molar-refractivity contribution >= 4 is 5.78 Å². The number of hydrogen-bond acceptors (Lipinski definition) is 3. The molecule has 0 bridgehead atoms. The number of unbranched alkanes of at least 4 members (excludes halogenated alkanes) is 7. The molecule has 0 spiro atoms. The van der Waals surface area contributed by atoms with Gasteiger partial charge in [-0.1, -0.05) is 51.9 Å². The lowest BCUT2D eigenvalue weighted by Gasteiger charge is -2.09. The summed E-state index contributed by atoms with van der Waals surface area (Å²) in [7, 11) is 3.20. The maximum Gasteiger partial charge on any atom is 0.166 e. The Bertz CT molecular complexity index is 440. The van der Waals surface area contributed by atoms with E-state index in [2.05, 4.69) is 6.92 Å². The van der Waals surface area contributed by atoms with E-state index in [1.165, 1.54) is 38.5 Å². The molecule has 0 saturated carbocycles. The van der Waals surface area contributed by atoms with Crippen LogP contribution < -0.4 is 9.47 Å². The number of carbonyl (C=O) groups excluding carboxylic acids is 1. The van der Waals surface area contributed by atoms with Crippen molar-refractivity contribution in [2.45, 2.75) is 64.7 Å². The van der Waals surface area contributed by atoms with Crippen LogP contribution in [-0.2, 0) is 0 Å². The van der Waals surface area contributed by atoms with Crippen molar-refractivity contribution in [3.63, 3.8) is 0 Å². The summed E-state index contributed by atoms with van der Waals surface area (Å²) in [5.74, 6) is 1.46. The summed E-state index contributed by atoms with van der Waals surface area (Å²) in [5, 5.41) is 0. The van der Waals surface area contributed by atoms with E-state index in [4.69, 9.17) is 9.47 Å². The summed E-state index contributed by atoms with van der Waals surface area (Å²) in [4.78, 5) is 12.3. The van der Waals surface area contributed by atoms with Gasteiger partial charge in [0, 0.05) is 6.42 Å². The van der Waals surface area contributed by atoms with Crippen molar-refractivity contribution in [3.8, 4) is 11.5 Å². The van der Waals surface area contributed by atoms with Crippen LogP contribution in [0.1, 0.15) is 75.1 Å². The van der Waals surface area contributed by atoms with E-state index < -0.39 is 0 Å². The van der Waals surface area contributed by atoms with Crippen molar-refractivity contribution in [2.75, 3.05) is 14.2 Å². The van der Waals surface area contributed by atoms with Crippen molar-refractivity contribution in [2.24, 2.45) is 0 Å². The van der Waals surface area contributed by atoms with Gasteiger partial charge in [-0.05, 0) is 24.6 Å². The second-order valence-corrected chi connectivity index (χ2v) is 5.71. The molecule has 0 N–H and O–H groups in total. The van der Waals surface area contributed by atoms with Crippen molar-refractivity contribution < 1.29 is 14.3 Å². The Balaban J connectivity index is 2.33. The first-order chi connectivity index (χ1) is 10.7. The van der Waals surface area contributed by atoms with Crippen molar-refractivity contribution in [1.29, 1.82) is 0 Å². The first kappa shape index (κ1) is 18.5. The van der Waals surface area contributed by atoms with Gasteiger partial charge in [0.25, 0.3) is 0 Å². The van der Waals surface area contributed by atoms with E-state index in [-0.39, 0.29) is 5.78 Å². The highest BCUT2D eigenvalue weighted by atomic mass is 16.5. The van der Waals surface area contributed by atoms with Gasteiger partial charge in [0.1, 0.15) is 11.5 Å². The number of ether oxygens (including phenoxy) is 2. The minimum Gasteiger partial charge on any atom is -0.497 e. The number of benzene rings is 1. The molecule has 0 aliphatic heterocycles. The molecule has 0 aliphatic carbocycles. The summed E-state index contributed by atoms with van der Waals surface area (Å²) in [5.41, 5.74) is 0.629. The van der Waals surface area contributed by atoms with E-state index in [0.717, 1.165) is 12.8 Å². The molecule has 1 aromatic rings. The zero-order chi connectivity index (χ0) is 16.2. The molecule has 0 atom stereocenters. The molecule has 0 aromatic heterocycles. The van der Waals surface area contributed by atoms with Gasteiger partial charge in [-0.15, -0.1) is 0 Å². The third-order valence-electron chi connectivity index (χ3n) is 3.96. The standard InChI is InChI=1S/C19H30O3/c1-4-5-6-7-8-9-10-11-12-18(20)17-15-16(21-2)13-14-19(17)22-3/h13-15H,4-12H2,1-3H3. The lowest BCUT2D eigenvalue weighted by Crippen LogP contribution is -2.03. The fraction of sp³-hybridized carbons (Fsp3) is 0.632. The number of carbonyl (C=O) groups is 1. The smallest absolute Gasteiger partial charge is 0.166 e. The molecule has 0 amide bonds. The number of Topliss-reactive ketones (excluding diaryl/α,β-unsaturated/α-hetero) is 1. The molecule has 3 nitrogen and oxygen atoms in total. The van der Waals surface area contributed by atoms with Crippen LogP contribution in [0.3, 0.4) is 0 Å². The van der Waals surface area contributed by atoms with Crippen LogP contribution in [0.5, 0.6) is 11.5 Å². The number of ketones is 1. The Morgan fingerprint density at radius 2 is 1.55 bits per heavy atom. The molecule has 0 radical (unpaired) electrons. The minimum atomic E-state index is 0.140. The molecule has 0 saturated heterocycles. The average Bonchev–Trinajstić information content (AvgIpc) is 2.56. The molecule has 3 heteroatoms. The van der Waals surface area contributed by atoms with Crippen LogP contribution in [0, 0.1) is 0 Å². The monoisotopic (exact) mass is 306 g/mol. The molecular formula is C19H30O3. The molecular weight excluding hydrogens is 276 g/mol. The van der Waals surface area contributed by atoms with Gasteiger partial charge in [0.05, 0.1) is 19.8 Å². The molecule has 0 fully saturated rings. The highest BCUT2D eigenvalue weighted by Gasteiger charge is 2.13. The summed E-state index contributed by atoms with van der Waals surface area (Å²) >= 11 is 0. The minimum absolute atomic E-state index is 0.140. The highest BCUT2D eigenvalue weighted by molar-refractivity contribution is 5.99. The highest BCUT2D eigenvalue weighted by Crippen LogP contribution is 2.25. The first-order valence-electron chi connectivity index (χ1n) is 8.48. The van der Waals surface area contributed by atoms with Gasteiger partial charge in [-0.25, -0.2) is 0 Å². The second-order valence-electron chi connectivity index (χ2n) is 5.71. The van der Waals surface area contributed by atoms with Crippen molar-refractivity contribution in [3.05, 3.63) is 23.8 Å². The van der Waals surface area contributed by atoms with Crippen LogP contribution in [0.2, 0.25) is 0 Å². The Labute approximate surface area is 135 Å². The first-order valence-corrected chi connectivity index (χ1v) is 8.48. The topological polar surface area (TPSA) is 35.5 Å². The fourth-order valence-electron chi connectivity index (χ4n) is 2.59. The SMILES string of the molecule is CCCCCCCCCCC(=O)c1cc(OC)ccc1OC. The number of rotatable bonds is 12. The molecule has 0 heterocycles. The molecule has 124 valence electrons.